The molecular formula is C20H16ClF2N3O4. The van der Waals surface area contributed by atoms with E-state index >= 15 is 0 Å². The van der Waals surface area contributed by atoms with Crippen molar-refractivity contribution in [2.75, 3.05) is 23.7 Å². The zero-order valence-electron chi connectivity index (χ0n) is 15.6. The summed E-state index contributed by atoms with van der Waals surface area (Å²) in [4.78, 5) is 26.2. The third-order valence-electron chi connectivity index (χ3n) is 5.13. The number of aliphatic hydroxyl groups excluding tert-OH is 1. The van der Waals surface area contributed by atoms with Gasteiger partial charge in [0.2, 0.25) is 5.43 Å². The number of carboxylic acids is 1. The SMILES string of the molecule is Cc1cc2c(=O)c(C(=O)O)cn(-c3cc(N)c(F)cc3F)c2c(Cl)c1N1CC(O)C1. The van der Waals surface area contributed by atoms with Gasteiger partial charge in [0, 0.05) is 30.7 Å². The molecule has 0 radical (unpaired) electrons. The van der Waals surface area contributed by atoms with Crippen LogP contribution >= 0.6 is 11.6 Å². The average Bonchev–Trinajstić information content (AvgIpc) is 2.64. The molecule has 0 unspecified atom stereocenters. The number of pyridine rings is 1. The summed E-state index contributed by atoms with van der Waals surface area (Å²) >= 11 is 6.63. The van der Waals surface area contributed by atoms with Crippen molar-refractivity contribution in [3.63, 3.8) is 0 Å². The zero-order chi connectivity index (χ0) is 21.9. The Hall–Kier alpha value is -3.17. The lowest BCUT2D eigenvalue weighted by molar-refractivity contribution is 0.0695. The van der Waals surface area contributed by atoms with Gasteiger partial charge in [0.1, 0.15) is 17.2 Å². The second-order valence-electron chi connectivity index (χ2n) is 7.18. The van der Waals surface area contributed by atoms with E-state index in [1.54, 1.807) is 11.8 Å². The number of aromatic carboxylic acids is 1. The van der Waals surface area contributed by atoms with E-state index in [2.05, 4.69) is 0 Å². The number of carboxylic acid groups (broad SMARTS) is 1. The van der Waals surface area contributed by atoms with Crippen molar-refractivity contribution in [1.82, 2.24) is 4.57 Å². The van der Waals surface area contributed by atoms with Crippen molar-refractivity contribution < 1.29 is 23.8 Å². The number of aryl methyl sites for hydroxylation is 1. The van der Waals surface area contributed by atoms with E-state index in [1.165, 1.54) is 6.07 Å². The molecular weight excluding hydrogens is 420 g/mol. The Balaban J connectivity index is 2.14. The molecule has 1 fully saturated rings. The molecule has 0 aliphatic carbocycles. The molecule has 2 heterocycles. The molecule has 4 N–H and O–H groups in total. The van der Waals surface area contributed by atoms with Gasteiger partial charge in [0.05, 0.1) is 33.7 Å². The van der Waals surface area contributed by atoms with Gasteiger partial charge in [-0.2, -0.15) is 0 Å². The minimum Gasteiger partial charge on any atom is -0.477 e. The number of nitrogen functional groups attached to an aromatic ring is 1. The number of carbonyl (C=O) groups is 1. The van der Waals surface area contributed by atoms with Crippen LogP contribution in [0.15, 0.2) is 29.2 Å². The van der Waals surface area contributed by atoms with Gasteiger partial charge in [0.15, 0.2) is 0 Å². The highest BCUT2D eigenvalue weighted by molar-refractivity contribution is 6.38. The number of rotatable bonds is 3. The molecule has 1 saturated heterocycles. The molecule has 0 spiro atoms. The molecule has 7 nitrogen and oxygen atoms in total. The summed E-state index contributed by atoms with van der Waals surface area (Å²) in [5, 5.41) is 19.1. The lowest BCUT2D eigenvalue weighted by Crippen LogP contribution is -2.51. The van der Waals surface area contributed by atoms with Gasteiger partial charge < -0.3 is 25.4 Å². The van der Waals surface area contributed by atoms with Crippen molar-refractivity contribution >= 4 is 39.8 Å². The Morgan fingerprint density at radius 3 is 2.50 bits per heavy atom. The van der Waals surface area contributed by atoms with Crippen LogP contribution in [0.3, 0.4) is 0 Å². The average molecular weight is 436 g/mol. The maximum atomic E-state index is 14.6. The standard InChI is InChI=1S/C20H16ClF2N3O4/c1-8-2-10-18(16(21)17(8)25-5-9(27)6-25)26(7-11(19(10)28)20(29)30)15-4-14(24)12(22)3-13(15)23/h2-4,7,9,27H,5-6,24H2,1H3,(H,29,30). The first-order chi connectivity index (χ1) is 14.1. The molecule has 3 aromatic rings. The zero-order valence-corrected chi connectivity index (χ0v) is 16.4. The van der Waals surface area contributed by atoms with Crippen LogP contribution in [-0.4, -0.2) is 39.9 Å². The molecule has 10 heteroatoms. The molecule has 2 aromatic carbocycles. The van der Waals surface area contributed by atoms with E-state index in [1.807, 2.05) is 0 Å². The van der Waals surface area contributed by atoms with E-state index in [-0.39, 0.29) is 27.3 Å². The number of halogens is 3. The summed E-state index contributed by atoms with van der Waals surface area (Å²) in [6, 6.07) is 3.05. The lowest BCUT2D eigenvalue weighted by Gasteiger charge is -2.39. The summed E-state index contributed by atoms with van der Waals surface area (Å²) < 4.78 is 29.4. The van der Waals surface area contributed by atoms with Crippen LogP contribution in [-0.2, 0) is 0 Å². The van der Waals surface area contributed by atoms with Gasteiger partial charge in [0.25, 0.3) is 0 Å². The highest BCUT2D eigenvalue weighted by atomic mass is 35.5. The van der Waals surface area contributed by atoms with Gasteiger partial charge in [-0.1, -0.05) is 11.6 Å². The Morgan fingerprint density at radius 2 is 1.90 bits per heavy atom. The molecule has 1 aromatic heterocycles. The topological polar surface area (TPSA) is 109 Å². The van der Waals surface area contributed by atoms with Crippen LogP contribution in [0.4, 0.5) is 20.2 Å². The summed E-state index contributed by atoms with van der Waals surface area (Å²) in [5.41, 5.74) is 4.74. The molecule has 0 bridgehead atoms. The summed E-state index contributed by atoms with van der Waals surface area (Å²) in [7, 11) is 0. The summed E-state index contributed by atoms with van der Waals surface area (Å²) in [5.74, 6) is -3.49. The van der Waals surface area contributed by atoms with Gasteiger partial charge in [-0.05, 0) is 24.6 Å². The molecule has 1 aliphatic heterocycles. The first kappa shape index (κ1) is 20.1. The van der Waals surface area contributed by atoms with Gasteiger partial charge in [-0.3, -0.25) is 4.79 Å². The summed E-state index contributed by atoms with van der Waals surface area (Å²) in [6.07, 6.45) is 0.417. The fraction of sp³-hybridized carbons (Fsp3) is 0.200. The Morgan fingerprint density at radius 1 is 1.23 bits per heavy atom. The number of hydrogen-bond donors (Lipinski definition) is 3. The largest absolute Gasteiger partial charge is 0.477 e. The Bertz CT molecular complexity index is 1290. The van der Waals surface area contributed by atoms with Crippen LogP contribution in [0.5, 0.6) is 0 Å². The number of fused-ring (bicyclic) bond motifs is 1. The number of aliphatic hydroxyl groups is 1. The van der Waals surface area contributed by atoms with Gasteiger partial charge in [-0.25, -0.2) is 13.6 Å². The van der Waals surface area contributed by atoms with E-state index in [0.717, 1.165) is 16.8 Å². The van der Waals surface area contributed by atoms with Crippen LogP contribution < -0.4 is 16.1 Å². The fourth-order valence-electron chi connectivity index (χ4n) is 3.67. The third-order valence-corrected chi connectivity index (χ3v) is 5.49. The molecule has 30 heavy (non-hydrogen) atoms. The molecule has 0 amide bonds. The number of hydrogen-bond acceptors (Lipinski definition) is 5. The highest BCUT2D eigenvalue weighted by Crippen LogP contribution is 2.39. The van der Waals surface area contributed by atoms with Crippen LogP contribution in [0, 0.1) is 18.6 Å². The monoisotopic (exact) mass is 435 g/mol. The minimum absolute atomic E-state index is 0.0375. The first-order valence-corrected chi connectivity index (χ1v) is 9.27. The lowest BCUT2D eigenvalue weighted by atomic mass is 10.0. The molecule has 1 aliphatic rings. The van der Waals surface area contributed by atoms with E-state index < -0.39 is 34.7 Å². The number of β-amino-alcohol motifs (C(OH)–C–C–N with tert-alkyl or cyclic N) is 1. The molecule has 0 atom stereocenters. The maximum Gasteiger partial charge on any atom is 0.341 e. The Kier molecular flexibility index (Phi) is 4.67. The van der Waals surface area contributed by atoms with Crippen molar-refractivity contribution in [3.05, 3.63) is 62.4 Å². The predicted molar refractivity (Wildman–Crippen MR) is 109 cm³/mol. The van der Waals surface area contributed by atoms with Crippen LogP contribution in [0.25, 0.3) is 16.6 Å². The van der Waals surface area contributed by atoms with Crippen molar-refractivity contribution in [2.45, 2.75) is 13.0 Å². The quantitative estimate of drug-likeness (QED) is 0.546. The van der Waals surface area contributed by atoms with Gasteiger partial charge >= 0.3 is 5.97 Å². The van der Waals surface area contributed by atoms with E-state index in [4.69, 9.17) is 17.3 Å². The number of nitrogens with zero attached hydrogens (tertiary/aromatic N) is 2. The van der Waals surface area contributed by atoms with Crippen molar-refractivity contribution in [2.24, 2.45) is 0 Å². The predicted octanol–water partition coefficient (Wildman–Crippen LogP) is 2.69. The number of nitrogens with two attached hydrogens (primary N) is 1. The normalized spacial score (nSPS) is 14.2. The van der Waals surface area contributed by atoms with Gasteiger partial charge in [-0.15, -0.1) is 0 Å². The van der Waals surface area contributed by atoms with Crippen LogP contribution in [0.2, 0.25) is 5.02 Å². The van der Waals surface area contributed by atoms with E-state index in [0.29, 0.717) is 30.4 Å². The highest BCUT2D eigenvalue weighted by Gasteiger charge is 2.30. The molecule has 4 rings (SSSR count). The first-order valence-electron chi connectivity index (χ1n) is 8.89. The van der Waals surface area contributed by atoms with E-state index in [9.17, 15) is 28.6 Å². The third kappa shape index (κ3) is 2.98. The minimum atomic E-state index is -1.50. The second kappa shape index (κ2) is 6.96. The Labute approximate surface area is 173 Å². The second-order valence-corrected chi connectivity index (χ2v) is 7.56. The fourth-order valence-corrected chi connectivity index (χ4v) is 4.13. The molecule has 156 valence electrons. The van der Waals surface area contributed by atoms with Crippen molar-refractivity contribution in [1.29, 1.82) is 0 Å². The maximum absolute atomic E-state index is 14.6. The number of benzene rings is 2. The molecule has 0 saturated carbocycles. The van der Waals surface area contributed by atoms with Crippen molar-refractivity contribution in [3.8, 4) is 5.69 Å². The van der Waals surface area contributed by atoms with Crippen LogP contribution in [0.1, 0.15) is 15.9 Å². The number of aromatic nitrogens is 1. The summed E-state index contributed by atoms with van der Waals surface area (Å²) in [6.45, 7) is 2.34. The number of anilines is 2. The smallest absolute Gasteiger partial charge is 0.341 e.